The number of hydrogen-bond acceptors (Lipinski definition) is 2. The first-order chi connectivity index (χ1) is 14.6. The molecule has 0 saturated heterocycles. The van der Waals surface area contributed by atoms with Crippen molar-refractivity contribution in [1.82, 2.24) is 0 Å². The van der Waals surface area contributed by atoms with Crippen molar-refractivity contribution in [3.05, 3.63) is 0 Å². The molecule has 0 aromatic heterocycles. The van der Waals surface area contributed by atoms with Gasteiger partial charge in [-0.1, -0.05) is 112 Å². The van der Waals surface area contributed by atoms with Crippen molar-refractivity contribution < 1.29 is 8.85 Å². The average molecular weight is 473 g/mol. The van der Waals surface area contributed by atoms with E-state index < -0.39 is 16.6 Å². The smallest absolute Gasteiger partial charge is 0.192 e. The summed E-state index contributed by atoms with van der Waals surface area (Å²) in [6.45, 7) is 20.7. The Labute approximate surface area is 199 Å². The third-order valence-corrected chi connectivity index (χ3v) is 16.6. The van der Waals surface area contributed by atoms with Gasteiger partial charge in [-0.2, -0.15) is 0 Å². The number of hydrogen-bond donors (Lipinski definition) is 0. The van der Waals surface area contributed by atoms with Crippen molar-refractivity contribution in [2.24, 2.45) is 0 Å². The molecule has 0 saturated carbocycles. The molecular formula is C27H60O2Si2. The number of unbranched alkanes of at least 4 members (excludes halogenated alkanes) is 9. The maximum Gasteiger partial charge on any atom is 0.192 e. The van der Waals surface area contributed by atoms with Gasteiger partial charge in [-0.05, 0) is 49.1 Å². The van der Waals surface area contributed by atoms with Crippen LogP contribution in [0.5, 0.6) is 0 Å². The molecule has 0 unspecified atom stereocenters. The van der Waals surface area contributed by atoms with Crippen LogP contribution < -0.4 is 0 Å². The Kier molecular flexibility index (Phi) is 18.0. The van der Waals surface area contributed by atoms with Crippen LogP contribution in [-0.4, -0.2) is 29.8 Å². The third-order valence-electron chi connectivity index (χ3n) is 7.42. The zero-order chi connectivity index (χ0) is 23.6. The van der Waals surface area contributed by atoms with Crippen molar-refractivity contribution in [3.8, 4) is 0 Å². The van der Waals surface area contributed by atoms with Gasteiger partial charge in [0, 0.05) is 13.2 Å². The first-order valence-corrected chi connectivity index (χ1v) is 19.4. The van der Waals surface area contributed by atoms with Gasteiger partial charge < -0.3 is 8.85 Å². The second-order valence-corrected chi connectivity index (χ2v) is 20.4. The molecule has 0 N–H and O–H groups in total. The lowest BCUT2D eigenvalue weighted by Crippen LogP contribution is -2.40. The fourth-order valence-electron chi connectivity index (χ4n) is 4.01. The first kappa shape index (κ1) is 31.4. The van der Waals surface area contributed by atoms with E-state index in [1.807, 2.05) is 0 Å². The highest BCUT2D eigenvalue weighted by atomic mass is 28.4. The van der Waals surface area contributed by atoms with Crippen LogP contribution in [0.3, 0.4) is 0 Å². The Hall–Kier alpha value is 0.354. The minimum atomic E-state index is -1.55. The maximum atomic E-state index is 6.78. The van der Waals surface area contributed by atoms with Gasteiger partial charge in [-0.25, -0.2) is 0 Å². The molecule has 0 aromatic rings. The van der Waals surface area contributed by atoms with Gasteiger partial charge in [0.15, 0.2) is 16.6 Å². The summed E-state index contributed by atoms with van der Waals surface area (Å²) < 4.78 is 13.1. The summed E-state index contributed by atoms with van der Waals surface area (Å²) in [6, 6.07) is 4.21. The highest BCUT2D eigenvalue weighted by Crippen LogP contribution is 2.36. The van der Waals surface area contributed by atoms with Crippen LogP contribution in [0.4, 0.5) is 0 Å². The molecule has 0 amide bonds. The maximum absolute atomic E-state index is 6.78. The molecule has 0 fully saturated rings. The summed E-state index contributed by atoms with van der Waals surface area (Å²) in [5.74, 6) is 0. The van der Waals surface area contributed by atoms with Crippen LogP contribution in [0.15, 0.2) is 0 Å². The van der Waals surface area contributed by atoms with E-state index in [0.717, 1.165) is 13.2 Å². The quantitative estimate of drug-likeness (QED) is 0.122. The summed E-state index contributed by atoms with van der Waals surface area (Å²) in [6.07, 6.45) is 17.4. The molecule has 0 spiro atoms. The normalized spacial score (nSPS) is 13.2. The van der Waals surface area contributed by atoms with Gasteiger partial charge in [0.05, 0.1) is 0 Å². The predicted octanol–water partition coefficient (Wildman–Crippen LogP) is 10.1. The lowest BCUT2D eigenvalue weighted by atomic mass is 10.1. The molecule has 188 valence electrons. The molecule has 0 aromatic carbocycles. The topological polar surface area (TPSA) is 18.5 Å². The molecule has 0 rings (SSSR count). The molecule has 0 aliphatic rings. The lowest BCUT2D eigenvalue weighted by molar-refractivity contribution is 0.275. The van der Waals surface area contributed by atoms with Crippen LogP contribution in [-0.2, 0) is 8.85 Å². The van der Waals surface area contributed by atoms with Gasteiger partial charge >= 0.3 is 0 Å². The van der Waals surface area contributed by atoms with E-state index in [-0.39, 0.29) is 0 Å². The van der Waals surface area contributed by atoms with E-state index in [1.54, 1.807) is 0 Å². The van der Waals surface area contributed by atoms with E-state index in [1.165, 1.54) is 102 Å². The third kappa shape index (κ3) is 15.0. The zero-order valence-corrected chi connectivity index (χ0v) is 25.0. The van der Waals surface area contributed by atoms with Crippen molar-refractivity contribution >= 4 is 16.6 Å². The Balaban J connectivity index is 3.98. The average Bonchev–Trinajstić information content (AvgIpc) is 2.71. The molecular weight excluding hydrogens is 412 g/mol. The summed E-state index contributed by atoms with van der Waals surface area (Å²) in [4.78, 5) is 0. The molecule has 0 aliphatic heterocycles. The summed E-state index contributed by atoms with van der Waals surface area (Å²) in [5, 5.41) is 0.332. The second kappa shape index (κ2) is 17.8. The molecule has 0 bridgehead atoms. The molecule has 0 atom stereocenters. The first-order valence-electron chi connectivity index (χ1n) is 13.9. The van der Waals surface area contributed by atoms with Crippen LogP contribution in [0, 0.1) is 0 Å². The molecule has 4 heteroatoms. The fourth-order valence-corrected chi connectivity index (χ4v) is 9.85. The summed E-state index contributed by atoms with van der Waals surface area (Å²) in [7, 11) is -3.04. The van der Waals surface area contributed by atoms with Crippen LogP contribution in [0.2, 0.25) is 36.3 Å². The van der Waals surface area contributed by atoms with Gasteiger partial charge in [0.1, 0.15) is 0 Å². The van der Waals surface area contributed by atoms with E-state index in [2.05, 4.69) is 54.6 Å². The molecule has 0 heterocycles. The highest BCUT2D eigenvalue weighted by Gasteiger charge is 2.36. The molecule has 0 radical (unpaired) electrons. The van der Waals surface area contributed by atoms with E-state index in [0.29, 0.717) is 5.04 Å². The van der Waals surface area contributed by atoms with E-state index >= 15 is 0 Å². The Morgan fingerprint density at radius 2 is 0.871 bits per heavy atom. The zero-order valence-electron chi connectivity index (χ0n) is 23.0. The van der Waals surface area contributed by atoms with Crippen molar-refractivity contribution in [3.63, 3.8) is 0 Å². The van der Waals surface area contributed by atoms with Gasteiger partial charge in [0.2, 0.25) is 0 Å². The minimum absolute atomic E-state index is 0.332. The summed E-state index contributed by atoms with van der Waals surface area (Å²) >= 11 is 0. The second-order valence-electron chi connectivity index (χ2n) is 11.4. The summed E-state index contributed by atoms with van der Waals surface area (Å²) in [5.41, 5.74) is 0. The standard InChI is InChI=1S/C27H60O2Si2/c1-9-12-24-31(25-13-10-2,26-14-11-3)29-23-21-19-17-15-16-18-20-22-28-30(7,8)27(4,5)6/h9-26H2,1-8H3. The van der Waals surface area contributed by atoms with E-state index in [4.69, 9.17) is 8.85 Å². The predicted molar refractivity (Wildman–Crippen MR) is 146 cm³/mol. The number of rotatable bonds is 21. The molecule has 31 heavy (non-hydrogen) atoms. The SMILES string of the molecule is CCCC[Si](CCCC)(CCCC)OCCCCCCCCCO[Si](C)(C)C(C)(C)C. The van der Waals surface area contributed by atoms with Gasteiger partial charge in [0.25, 0.3) is 0 Å². The Morgan fingerprint density at radius 1 is 0.516 bits per heavy atom. The molecule has 0 aliphatic carbocycles. The highest BCUT2D eigenvalue weighted by molar-refractivity contribution is 6.74. The van der Waals surface area contributed by atoms with E-state index in [9.17, 15) is 0 Å². The minimum Gasteiger partial charge on any atom is -0.417 e. The molecule has 2 nitrogen and oxygen atoms in total. The van der Waals surface area contributed by atoms with Gasteiger partial charge in [-0.15, -0.1) is 0 Å². The van der Waals surface area contributed by atoms with Crippen molar-refractivity contribution in [1.29, 1.82) is 0 Å². The van der Waals surface area contributed by atoms with Crippen molar-refractivity contribution in [2.45, 2.75) is 161 Å². The van der Waals surface area contributed by atoms with Crippen LogP contribution in [0.1, 0.15) is 125 Å². The van der Waals surface area contributed by atoms with Gasteiger partial charge in [-0.3, -0.25) is 0 Å². The fraction of sp³-hybridized carbons (Fsp3) is 1.00. The largest absolute Gasteiger partial charge is 0.417 e. The van der Waals surface area contributed by atoms with Crippen LogP contribution in [0.25, 0.3) is 0 Å². The lowest BCUT2D eigenvalue weighted by Gasteiger charge is -2.36. The Bertz CT molecular complexity index is 383. The van der Waals surface area contributed by atoms with Crippen molar-refractivity contribution in [2.75, 3.05) is 13.2 Å². The monoisotopic (exact) mass is 472 g/mol. The van der Waals surface area contributed by atoms with Crippen LogP contribution >= 0.6 is 0 Å². The Morgan fingerprint density at radius 3 is 1.23 bits per heavy atom.